The molecular weight excluding hydrogens is 318 g/mol. The number of nitrogens with zero attached hydrogens (tertiary/aromatic N) is 3. The van der Waals surface area contributed by atoms with Crippen LogP contribution in [0.1, 0.15) is 57.1 Å². The minimum absolute atomic E-state index is 0.0343. The van der Waals surface area contributed by atoms with Crippen LogP contribution in [0.15, 0.2) is 12.4 Å². The van der Waals surface area contributed by atoms with E-state index in [1.165, 1.54) is 0 Å². The molecule has 7 heteroatoms. The number of carbonyl (C=O) groups excluding carboxylic acids is 2. The van der Waals surface area contributed by atoms with Gasteiger partial charge in [0.05, 0.1) is 12.2 Å². The molecule has 7 nitrogen and oxygen atoms in total. The minimum Gasteiger partial charge on any atom is -0.343 e. The van der Waals surface area contributed by atoms with Gasteiger partial charge in [-0.15, -0.1) is 0 Å². The van der Waals surface area contributed by atoms with Gasteiger partial charge in [0.2, 0.25) is 5.91 Å². The first-order chi connectivity index (χ1) is 12.1. The lowest BCUT2D eigenvalue weighted by molar-refractivity contribution is -0.130. The van der Waals surface area contributed by atoms with Gasteiger partial charge in [0, 0.05) is 44.9 Å². The highest BCUT2D eigenvalue weighted by atomic mass is 16.2. The summed E-state index contributed by atoms with van der Waals surface area (Å²) in [4.78, 5) is 27.9. The van der Waals surface area contributed by atoms with E-state index in [0.717, 1.165) is 63.7 Å². The fourth-order valence-electron chi connectivity index (χ4n) is 3.99. The van der Waals surface area contributed by atoms with Crippen LogP contribution in [0.2, 0.25) is 0 Å². The molecule has 0 bridgehead atoms. The third-order valence-electron chi connectivity index (χ3n) is 5.56. The van der Waals surface area contributed by atoms with E-state index < -0.39 is 0 Å². The number of piperidine rings is 2. The SMILES string of the molecule is CC(=O)N1CCC(CCNC(=O)N2CCCC[C@H]2c2cn[nH]c2)CC1. The summed E-state index contributed by atoms with van der Waals surface area (Å²) in [6.07, 6.45) is 9.98. The van der Waals surface area contributed by atoms with Gasteiger partial charge in [-0.2, -0.15) is 5.10 Å². The highest BCUT2D eigenvalue weighted by Crippen LogP contribution is 2.30. The quantitative estimate of drug-likeness (QED) is 0.877. The molecule has 2 aliphatic heterocycles. The number of aromatic nitrogens is 2. The lowest BCUT2D eigenvalue weighted by Crippen LogP contribution is -2.45. The fourth-order valence-corrected chi connectivity index (χ4v) is 3.99. The monoisotopic (exact) mass is 347 g/mol. The van der Waals surface area contributed by atoms with Crippen molar-refractivity contribution in [2.75, 3.05) is 26.2 Å². The third kappa shape index (κ3) is 4.52. The topological polar surface area (TPSA) is 81.3 Å². The van der Waals surface area contributed by atoms with E-state index in [4.69, 9.17) is 0 Å². The van der Waals surface area contributed by atoms with Gasteiger partial charge in [0.15, 0.2) is 0 Å². The summed E-state index contributed by atoms with van der Waals surface area (Å²) in [5.74, 6) is 0.768. The molecule has 2 saturated heterocycles. The molecule has 0 aliphatic carbocycles. The Morgan fingerprint density at radius 3 is 2.72 bits per heavy atom. The number of H-pyrrole nitrogens is 1. The smallest absolute Gasteiger partial charge is 0.317 e. The maximum Gasteiger partial charge on any atom is 0.317 e. The zero-order chi connectivity index (χ0) is 17.6. The number of hydrogen-bond acceptors (Lipinski definition) is 3. The van der Waals surface area contributed by atoms with Crippen molar-refractivity contribution < 1.29 is 9.59 Å². The Kier molecular flexibility index (Phi) is 5.94. The number of urea groups is 1. The van der Waals surface area contributed by atoms with Crippen molar-refractivity contribution in [3.05, 3.63) is 18.0 Å². The molecule has 1 atom stereocenters. The van der Waals surface area contributed by atoms with Gasteiger partial charge in [-0.3, -0.25) is 9.89 Å². The average Bonchev–Trinajstić information content (AvgIpc) is 3.16. The van der Waals surface area contributed by atoms with E-state index in [-0.39, 0.29) is 18.0 Å². The standard InChI is InChI=1S/C18H29N5O2/c1-14(24)22-10-6-15(7-11-22)5-8-19-18(25)23-9-3-2-4-17(23)16-12-20-21-13-16/h12-13,15,17H,2-11H2,1H3,(H,19,25)(H,20,21)/t17-/m0/s1. The number of likely N-dealkylation sites (tertiary alicyclic amines) is 2. The van der Waals surface area contributed by atoms with E-state index in [2.05, 4.69) is 15.5 Å². The molecule has 0 saturated carbocycles. The maximum atomic E-state index is 12.6. The predicted octanol–water partition coefficient (Wildman–Crippen LogP) is 2.29. The van der Waals surface area contributed by atoms with E-state index in [1.807, 2.05) is 22.2 Å². The summed E-state index contributed by atoms with van der Waals surface area (Å²) in [5.41, 5.74) is 1.09. The Bertz CT molecular complexity index is 566. The molecule has 3 amide bonds. The van der Waals surface area contributed by atoms with Gasteiger partial charge < -0.3 is 15.1 Å². The van der Waals surface area contributed by atoms with Crippen LogP contribution in [0, 0.1) is 5.92 Å². The second-order valence-corrected chi connectivity index (χ2v) is 7.21. The van der Waals surface area contributed by atoms with Crippen LogP contribution in [-0.4, -0.2) is 58.1 Å². The zero-order valence-corrected chi connectivity index (χ0v) is 15.0. The van der Waals surface area contributed by atoms with Crippen molar-refractivity contribution in [3.63, 3.8) is 0 Å². The number of aromatic amines is 1. The molecule has 0 aromatic carbocycles. The zero-order valence-electron chi connectivity index (χ0n) is 15.0. The summed E-state index contributed by atoms with van der Waals surface area (Å²) < 4.78 is 0. The number of amides is 3. The summed E-state index contributed by atoms with van der Waals surface area (Å²) in [6.45, 7) is 4.84. The summed E-state index contributed by atoms with van der Waals surface area (Å²) in [6, 6.07) is 0.165. The molecular formula is C18H29N5O2. The van der Waals surface area contributed by atoms with E-state index in [0.29, 0.717) is 12.5 Å². The van der Waals surface area contributed by atoms with E-state index >= 15 is 0 Å². The van der Waals surface area contributed by atoms with Crippen LogP contribution < -0.4 is 5.32 Å². The molecule has 1 aromatic heterocycles. The predicted molar refractivity (Wildman–Crippen MR) is 94.9 cm³/mol. The molecule has 138 valence electrons. The summed E-state index contributed by atoms with van der Waals surface area (Å²) >= 11 is 0. The Labute approximate surface area is 149 Å². The van der Waals surface area contributed by atoms with Crippen LogP contribution in [0.5, 0.6) is 0 Å². The van der Waals surface area contributed by atoms with Gasteiger partial charge >= 0.3 is 6.03 Å². The Hall–Kier alpha value is -2.05. The highest BCUT2D eigenvalue weighted by Gasteiger charge is 2.28. The fraction of sp³-hybridized carbons (Fsp3) is 0.722. The van der Waals surface area contributed by atoms with Gasteiger partial charge in [-0.25, -0.2) is 4.79 Å². The van der Waals surface area contributed by atoms with Gasteiger partial charge in [-0.1, -0.05) is 0 Å². The lowest BCUT2D eigenvalue weighted by atomic mass is 9.93. The van der Waals surface area contributed by atoms with Gasteiger partial charge in [0.1, 0.15) is 0 Å². The van der Waals surface area contributed by atoms with Gasteiger partial charge in [-0.05, 0) is 44.4 Å². The van der Waals surface area contributed by atoms with Crippen molar-refractivity contribution in [1.82, 2.24) is 25.3 Å². The molecule has 25 heavy (non-hydrogen) atoms. The molecule has 0 radical (unpaired) electrons. The largest absolute Gasteiger partial charge is 0.343 e. The summed E-state index contributed by atoms with van der Waals surface area (Å²) in [7, 11) is 0. The number of rotatable bonds is 4. The van der Waals surface area contributed by atoms with Crippen molar-refractivity contribution in [1.29, 1.82) is 0 Å². The highest BCUT2D eigenvalue weighted by molar-refractivity contribution is 5.75. The lowest BCUT2D eigenvalue weighted by Gasteiger charge is -2.35. The van der Waals surface area contributed by atoms with Crippen LogP contribution in [0.25, 0.3) is 0 Å². The molecule has 1 aromatic rings. The van der Waals surface area contributed by atoms with Crippen molar-refractivity contribution in [3.8, 4) is 0 Å². The van der Waals surface area contributed by atoms with Crippen molar-refractivity contribution >= 4 is 11.9 Å². The average molecular weight is 347 g/mol. The number of carbonyl (C=O) groups is 2. The van der Waals surface area contributed by atoms with Crippen molar-refractivity contribution in [2.24, 2.45) is 5.92 Å². The van der Waals surface area contributed by atoms with Gasteiger partial charge in [0.25, 0.3) is 0 Å². The minimum atomic E-state index is 0.0343. The summed E-state index contributed by atoms with van der Waals surface area (Å²) in [5, 5.41) is 9.97. The Balaban J connectivity index is 1.43. The van der Waals surface area contributed by atoms with Crippen LogP contribution >= 0.6 is 0 Å². The Morgan fingerprint density at radius 2 is 2.04 bits per heavy atom. The van der Waals surface area contributed by atoms with Crippen LogP contribution in [0.3, 0.4) is 0 Å². The van der Waals surface area contributed by atoms with Crippen molar-refractivity contribution in [2.45, 2.75) is 51.5 Å². The number of nitrogens with one attached hydrogen (secondary N) is 2. The first-order valence-corrected chi connectivity index (χ1v) is 9.44. The van der Waals surface area contributed by atoms with Crippen LogP contribution in [-0.2, 0) is 4.79 Å². The maximum absolute atomic E-state index is 12.6. The molecule has 2 fully saturated rings. The second kappa shape index (κ2) is 8.36. The molecule has 2 N–H and O–H groups in total. The van der Waals surface area contributed by atoms with Crippen LogP contribution in [0.4, 0.5) is 4.79 Å². The first kappa shape index (κ1) is 17.8. The molecule has 2 aliphatic rings. The Morgan fingerprint density at radius 1 is 1.24 bits per heavy atom. The van der Waals surface area contributed by atoms with E-state index in [1.54, 1.807) is 6.92 Å². The second-order valence-electron chi connectivity index (χ2n) is 7.21. The van der Waals surface area contributed by atoms with E-state index in [9.17, 15) is 9.59 Å². The molecule has 3 rings (SSSR count). The molecule has 0 spiro atoms. The normalized spacial score (nSPS) is 22.0. The third-order valence-corrected chi connectivity index (χ3v) is 5.56. The number of hydrogen-bond donors (Lipinski definition) is 2. The molecule has 3 heterocycles. The first-order valence-electron chi connectivity index (χ1n) is 9.44. The molecule has 0 unspecified atom stereocenters.